The molecule has 16 heavy (non-hydrogen) atoms. The molecule has 0 radical (unpaired) electrons. The van der Waals surface area contributed by atoms with Gasteiger partial charge in [0.05, 0.1) is 0 Å². The number of benzene rings is 1. The molecule has 1 heteroatoms. The van der Waals surface area contributed by atoms with Crippen molar-refractivity contribution in [3.63, 3.8) is 0 Å². The van der Waals surface area contributed by atoms with Crippen molar-refractivity contribution >= 4 is 0 Å². The molecule has 1 aromatic carbocycles. The molecule has 0 bridgehead atoms. The highest BCUT2D eigenvalue weighted by molar-refractivity contribution is 5.47. The summed E-state index contributed by atoms with van der Waals surface area (Å²) < 4.78 is 0. The van der Waals surface area contributed by atoms with Crippen LogP contribution in [0, 0.1) is 0 Å². The molecule has 3 rings (SSSR count). The predicted octanol–water partition coefficient (Wildman–Crippen LogP) is 2.81. The Hall–Kier alpha value is -0.820. The van der Waals surface area contributed by atoms with Gasteiger partial charge in [-0.25, -0.2) is 0 Å². The Morgan fingerprint density at radius 3 is 2.81 bits per heavy atom. The molecule has 1 N–H and O–H groups in total. The van der Waals surface area contributed by atoms with E-state index in [0.29, 0.717) is 0 Å². The van der Waals surface area contributed by atoms with Gasteiger partial charge in [-0.15, -0.1) is 0 Å². The maximum Gasteiger partial charge on any atom is -0.000801 e. The van der Waals surface area contributed by atoms with Crippen molar-refractivity contribution in [2.75, 3.05) is 13.1 Å². The number of aryl methyl sites for hydroxylation is 1. The van der Waals surface area contributed by atoms with Crippen LogP contribution in [-0.2, 0) is 19.3 Å². The van der Waals surface area contributed by atoms with E-state index >= 15 is 0 Å². The SMILES string of the molecule is CCC1CCc2ccc3c(c21)CCNCC3. The molecular weight excluding hydrogens is 194 g/mol. The van der Waals surface area contributed by atoms with Crippen LogP contribution in [0.5, 0.6) is 0 Å². The predicted molar refractivity (Wildman–Crippen MR) is 68.1 cm³/mol. The van der Waals surface area contributed by atoms with Crippen LogP contribution in [0.15, 0.2) is 12.1 Å². The third-order valence-corrected chi connectivity index (χ3v) is 4.33. The molecule has 1 aromatic rings. The molecule has 1 atom stereocenters. The summed E-state index contributed by atoms with van der Waals surface area (Å²) in [6.45, 7) is 4.66. The average molecular weight is 215 g/mol. The fourth-order valence-electron chi connectivity index (χ4n) is 3.46. The molecule has 0 fully saturated rings. The van der Waals surface area contributed by atoms with Crippen molar-refractivity contribution in [2.24, 2.45) is 0 Å². The van der Waals surface area contributed by atoms with Gasteiger partial charge in [-0.1, -0.05) is 19.1 Å². The van der Waals surface area contributed by atoms with Gasteiger partial charge < -0.3 is 5.32 Å². The first kappa shape index (κ1) is 10.3. The highest BCUT2D eigenvalue weighted by atomic mass is 14.8. The molecule has 0 aromatic heterocycles. The van der Waals surface area contributed by atoms with Crippen LogP contribution < -0.4 is 5.32 Å². The van der Waals surface area contributed by atoms with Gasteiger partial charge in [0.1, 0.15) is 0 Å². The second-order valence-corrected chi connectivity index (χ2v) is 5.17. The number of hydrogen-bond donors (Lipinski definition) is 1. The summed E-state index contributed by atoms with van der Waals surface area (Å²) in [7, 11) is 0. The molecule has 0 spiro atoms. The zero-order valence-electron chi connectivity index (χ0n) is 10.2. The lowest BCUT2D eigenvalue weighted by Gasteiger charge is -2.16. The van der Waals surface area contributed by atoms with Gasteiger partial charge in [0.25, 0.3) is 0 Å². The van der Waals surface area contributed by atoms with E-state index in [1.807, 2.05) is 0 Å². The van der Waals surface area contributed by atoms with Crippen LogP contribution in [0.4, 0.5) is 0 Å². The molecule has 1 unspecified atom stereocenters. The minimum Gasteiger partial charge on any atom is -0.316 e. The summed E-state index contributed by atoms with van der Waals surface area (Å²) in [5.41, 5.74) is 6.70. The maximum atomic E-state index is 3.52. The summed E-state index contributed by atoms with van der Waals surface area (Å²) in [5, 5.41) is 3.52. The number of rotatable bonds is 1. The smallest absolute Gasteiger partial charge is 0.000801 e. The monoisotopic (exact) mass is 215 g/mol. The number of hydrogen-bond acceptors (Lipinski definition) is 1. The molecule has 0 amide bonds. The topological polar surface area (TPSA) is 12.0 Å². The van der Waals surface area contributed by atoms with Crippen molar-refractivity contribution in [1.82, 2.24) is 5.32 Å². The first-order valence-corrected chi connectivity index (χ1v) is 6.74. The van der Waals surface area contributed by atoms with Gasteiger partial charge in [0, 0.05) is 0 Å². The Bertz CT molecular complexity index is 395. The summed E-state index contributed by atoms with van der Waals surface area (Å²) in [4.78, 5) is 0. The Labute approximate surface area is 98.3 Å². The lowest BCUT2D eigenvalue weighted by atomic mass is 9.88. The summed E-state index contributed by atoms with van der Waals surface area (Å²) in [6.07, 6.45) is 6.48. The third kappa shape index (κ3) is 1.58. The largest absolute Gasteiger partial charge is 0.316 e. The van der Waals surface area contributed by atoms with E-state index < -0.39 is 0 Å². The first-order chi connectivity index (χ1) is 7.90. The van der Waals surface area contributed by atoms with E-state index in [-0.39, 0.29) is 0 Å². The second-order valence-electron chi connectivity index (χ2n) is 5.17. The molecule has 1 heterocycles. The van der Waals surface area contributed by atoms with E-state index in [0.717, 1.165) is 12.5 Å². The van der Waals surface area contributed by atoms with Gasteiger partial charge in [-0.2, -0.15) is 0 Å². The molecule has 1 aliphatic carbocycles. The van der Waals surface area contributed by atoms with Crippen LogP contribution in [0.25, 0.3) is 0 Å². The molecule has 1 aliphatic heterocycles. The van der Waals surface area contributed by atoms with E-state index in [1.165, 1.54) is 38.6 Å². The lowest BCUT2D eigenvalue weighted by Crippen LogP contribution is -2.16. The Morgan fingerprint density at radius 1 is 1.12 bits per heavy atom. The highest BCUT2D eigenvalue weighted by Crippen LogP contribution is 2.39. The molecule has 2 aliphatic rings. The van der Waals surface area contributed by atoms with Gasteiger partial charge in [-0.3, -0.25) is 0 Å². The van der Waals surface area contributed by atoms with Crippen molar-refractivity contribution in [2.45, 2.75) is 44.9 Å². The standard InChI is InChI=1S/C15H21N/c1-2-11-3-5-13-6-4-12-7-9-16-10-8-14(12)15(11)13/h4,6,11,16H,2-3,5,7-10H2,1H3. The molecule has 86 valence electrons. The van der Waals surface area contributed by atoms with Crippen LogP contribution in [-0.4, -0.2) is 13.1 Å². The number of fused-ring (bicyclic) bond motifs is 3. The van der Waals surface area contributed by atoms with Crippen LogP contribution in [0.1, 0.15) is 47.9 Å². The van der Waals surface area contributed by atoms with Gasteiger partial charge in [0.15, 0.2) is 0 Å². The Morgan fingerprint density at radius 2 is 1.94 bits per heavy atom. The minimum absolute atomic E-state index is 0.850. The molecular formula is C15H21N. The van der Waals surface area contributed by atoms with Gasteiger partial charge in [0.2, 0.25) is 0 Å². The van der Waals surface area contributed by atoms with Crippen molar-refractivity contribution in [3.8, 4) is 0 Å². The quantitative estimate of drug-likeness (QED) is 0.759. The highest BCUT2D eigenvalue weighted by Gasteiger charge is 2.25. The summed E-state index contributed by atoms with van der Waals surface area (Å²) >= 11 is 0. The first-order valence-electron chi connectivity index (χ1n) is 6.74. The molecule has 0 saturated heterocycles. The normalized spacial score (nSPS) is 23.7. The van der Waals surface area contributed by atoms with Crippen LogP contribution >= 0.6 is 0 Å². The van der Waals surface area contributed by atoms with Gasteiger partial charge in [-0.05, 0) is 73.4 Å². The summed E-state index contributed by atoms with van der Waals surface area (Å²) in [5.74, 6) is 0.850. The fraction of sp³-hybridized carbons (Fsp3) is 0.600. The van der Waals surface area contributed by atoms with E-state index in [4.69, 9.17) is 0 Å². The van der Waals surface area contributed by atoms with Crippen LogP contribution in [0.3, 0.4) is 0 Å². The average Bonchev–Trinajstić information content (AvgIpc) is 2.58. The maximum absolute atomic E-state index is 3.52. The zero-order valence-corrected chi connectivity index (χ0v) is 10.2. The Balaban J connectivity index is 2.09. The van der Waals surface area contributed by atoms with Crippen LogP contribution in [0.2, 0.25) is 0 Å². The molecule has 0 saturated carbocycles. The molecule has 1 nitrogen and oxygen atoms in total. The zero-order chi connectivity index (χ0) is 11.0. The van der Waals surface area contributed by atoms with Gasteiger partial charge >= 0.3 is 0 Å². The van der Waals surface area contributed by atoms with Crippen molar-refractivity contribution < 1.29 is 0 Å². The van der Waals surface area contributed by atoms with Crippen molar-refractivity contribution in [1.29, 1.82) is 0 Å². The Kier molecular flexibility index (Phi) is 2.72. The fourth-order valence-corrected chi connectivity index (χ4v) is 3.46. The summed E-state index contributed by atoms with van der Waals surface area (Å²) in [6, 6.07) is 4.79. The van der Waals surface area contributed by atoms with E-state index in [2.05, 4.69) is 24.4 Å². The third-order valence-electron chi connectivity index (χ3n) is 4.33. The minimum atomic E-state index is 0.850. The van der Waals surface area contributed by atoms with Crippen molar-refractivity contribution in [3.05, 3.63) is 34.4 Å². The van der Waals surface area contributed by atoms with E-state index in [1.54, 1.807) is 22.3 Å². The van der Waals surface area contributed by atoms with E-state index in [9.17, 15) is 0 Å². The number of nitrogens with one attached hydrogen (secondary N) is 1. The second kappa shape index (κ2) is 4.21. The lowest BCUT2D eigenvalue weighted by molar-refractivity contribution is 0.648.